The summed E-state index contributed by atoms with van der Waals surface area (Å²) < 4.78 is 23.6. The molecule has 7 heteroatoms. The monoisotopic (exact) mass is 242 g/mol. The average Bonchev–Trinajstić information content (AvgIpc) is 2.14. The van der Waals surface area contributed by atoms with Gasteiger partial charge in [0, 0.05) is 5.69 Å². The molecule has 1 amide bonds. The normalized spacial score (nSPS) is 11.5. The van der Waals surface area contributed by atoms with Gasteiger partial charge in [0.1, 0.15) is 0 Å². The molecule has 0 aliphatic rings. The molecule has 86 valence electrons. The number of nitrogen functional groups attached to an aromatic ring is 1. The van der Waals surface area contributed by atoms with Crippen LogP contribution in [0, 0.1) is 0 Å². The lowest BCUT2D eigenvalue weighted by atomic mass is 10.2. The molecule has 0 heterocycles. The van der Waals surface area contributed by atoms with Crippen LogP contribution in [0.3, 0.4) is 0 Å². The van der Waals surface area contributed by atoms with E-state index in [-0.39, 0.29) is 0 Å². The Kier molecular flexibility index (Phi) is 3.51. The van der Waals surface area contributed by atoms with Gasteiger partial charge >= 0.3 is 6.09 Å². The third-order valence-electron chi connectivity index (χ3n) is 1.65. The standard InChI is InChI=1S/C9H10N2O4S/c10-8-4-2-1-3-7(8)5-6-16(14,15)11-9(12)13/h1-6,11H,10H2,(H,12,13)/b6-5+. The first-order chi connectivity index (χ1) is 7.41. The van der Waals surface area contributed by atoms with Crippen LogP contribution < -0.4 is 10.5 Å². The van der Waals surface area contributed by atoms with Gasteiger partial charge in [-0.15, -0.1) is 0 Å². The van der Waals surface area contributed by atoms with E-state index >= 15 is 0 Å². The lowest BCUT2D eigenvalue weighted by Crippen LogP contribution is -2.26. The molecule has 0 radical (unpaired) electrons. The fourth-order valence-corrected chi connectivity index (χ4v) is 1.62. The maximum Gasteiger partial charge on any atom is 0.418 e. The van der Waals surface area contributed by atoms with Gasteiger partial charge in [-0.1, -0.05) is 18.2 Å². The minimum atomic E-state index is -3.98. The van der Waals surface area contributed by atoms with E-state index in [1.807, 2.05) is 0 Å². The van der Waals surface area contributed by atoms with E-state index in [2.05, 4.69) is 0 Å². The van der Waals surface area contributed by atoms with Crippen molar-refractivity contribution < 1.29 is 18.3 Å². The van der Waals surface area contributed by atoms with Crippen LogP contribution in [0.1, 0.15) is 5.56 Å². The Morgan fingerprint density at radius 2 is 2.00 bits per heavy atom. The number of anilines is 1. The van der Waals surface area contributed by atoms with Crippen LogP contribution in [-0.2, 0) is 10.0 Å². The summed E-state index contributed by atoms with van der Waals surface area (Å²) in [6.07, 6.45) is -0.411. The van der Waals surface area contributed by atoms with Crippen LogP contribution in [-0.4, -0.2) is 19.6 Å². The second kappa shape index (κ2) is 4.67. The smallest absolute Gasteiger partial charge is 0.418 e. The van der Waals surface area contributed by atoms with Gasteiger partial charge in [0.15, 0.2) is 0 Å². The molecule has 0 aliphatic carbocycles. The number of carbonyl (C=O) groups is 1. The van der Waals surface area contributed by atoms with Crippen molar-refractivity contribution in [2.24, 2.45) is 0 Å². The Hall–Kier alpha value is -2.02. The number of rotatable bonds is 3. The zero-order valence-corrected chi connectivity index (χ0v) is 8.94. The lowest BCUT2D eigenvalue weighted by Gasteiger charge is -1.99. The molecule has 0 saturated heterocycles. The number of hydrogen-bond acceptors (Lipinski definition) is 4. The summed E-state index contributed by atoms with van der Waals surface area (Å²) in [7, 11) is -3.98. The molecule has 1 rings (SSSR count). The molecule has 0 fully saturated rings. The topological polar surface area (TPSA) is 109 Å². The van der Waals surface area contributed by atoms with Crippen LogP contribution in [0.4, 0.5) is 10.5 Å². The molecule has 4 N–H and O–H groups in total. The Bertz CT molecular complexity index is 522. The zero-order chi connectivity index (χ0) is 12.2. The van der Waals surface area contributed by atoms with E-state index in [0.717, 1.165) is 5.41 Å². The summed E-state index contributed by atoms with van der Waals surface area (Å²) in [5.41, 5.74) is 6.47. The van der Waals surface area contributed by atoms with E-state index in [1.54, 1.807) is 24.3 Å². The maximum absolute atomic E-state index is 11.1. The van der Waals surface area contributed by atoms with Crippen LogP contribution in [0.15, 0.2) is 29.7 Å². The highest BCUT2D eigenvalue weighted by atomic mass is 32.2. The van der Waals surface area contributed by atoms with E-state index in [1.165, 1.54) is 10.8 Å². The summed E-state index contributed by atoms with van der Waals surface area (Å²) in [6.45, 7) is 0. The largest absolute Gasteiger partial charge is 0.464 e. The molecule has 0 bridgehead atoms. The van der Waals surface area contributed by atoms with Crippen molar-refractivity contribution in [2.75, 3.05) is 5.73 Å². The van der Waals surface area contributed by atoms with E-state index in [4.69, 9.17) is 10.8 Å². The van der Waals surface area contributed by atoms with Crippen molar-refractivity contribution >= 4 is 27.9 Å². The predicted octanol–water partition coefficient (Wildman–Crippen LogP) is 0.837. The van der Waals surface area contributed by atoms with E-state index < -0.39 is 16.1 Å². The number of para-hydroxylation sites is 1. The fraction of sp³-hybridized carbons (Fsp3) is 0. The number of nitrogens with two attached hydrogens (primary N) is 1. The quantitative estimate of drug-likeness (QED) is 0.680. The second-order valence-corrected chi connectivity index (χ2v) is 4.45. The van der Waals surface area contributed by atoms with Gasteiger partial charge in [0.2, 0.25) is 0 Å². The number of carboxylic acid groups (broad SMARTS) is 1. The Labute approximate surface area is 92.4 Å². The highest BCUT2D eigenvalue weighted by molar-refractivity contribution is 7.93. The minimum absolute atomic E-state index is 0.407. The van der Waals surface area contributed by atoms with Crippen molar-refractivity contribution in [3.63, 3.8) is 0 Å². The molecule has 0 atom stereocenters. The van der Waals surface area contributed by atoms with Gasteiger partial charge in [0.05, 0.1) is 5.41 Å². The molecule has 16 heavy (non-hydrogen) atoms. The molecule has 0 aliphatic heterocycles. The Morgan fingerprint density at radius 1 is 1.38 bits per heavy atom. The van der Waals surface area contributed by atoms with E-state index in [0.29, 0.717) is 11.3 Å². The number of hydrogen-bond donors (Lipinski definition) is 3. The molecular formula is C9H10N2O4S. The van der Waals surface area contributed by atoms with E-state index in [9.17, 15) is 13.2 Å². The summed E-state index contributed by atoms with van der Waals surface area (Å²) in [5, 5.41) is 8.99. The van der Waals surface area contributed by atoms with Crippen LogP contribution >= 0.6 is 0 Å². The predicted molar refractivity (Wildman–Crippen MR) is 60.0 cm³/mol. The molecule has 0 spiro atoms. The first kappa shape index (κ1) is 12.1. The van der Waals surface area contributed by atoms with Crippen LogP contribution in [0.25, 0.3) is 6.08 Å². The summed E-state index contributed by atoms with van der Waals surface area (Å²) >= 11 is 0. The Balaban J connectivity index is 2.90. The Morgan fingerprint density at radius 3 is 2.56 bits per heavy atom. The summed E-state index contributed by atoms with van der Waals surface area (Å²) in [6, 6.07) is 6.61. The van der Waals surface area contributed by atoms with Crippen molar-refractivity contribution in [1.29, 1.82) is 0 Å². The molecule has 1 aromatic carbocycles. The van der Waals surface area contributed by atoms with Gasteiger partial charge in [0.25, 0.3) is 10.0 Å². The first-order valence-electron chi connectivity index (χ1n) is 4.19. The SMILES string of the molecule is Nc1ccccc1/C=C/S(=O)(=O)NC(=O)O. The van der Waals surface area contributed by atoms with Crippen molar-refractivity contribution in [3.05, 3.63) is 35.2 Å². The molecule has 0 saturated carbocycles. The first-order valence-corrected chi connectivity index (χ1v) is 5.74. The van der Waals surface area contributed by atoms with Gasteiger partial charge < -0.3 is 10.8 Å². The van der Waals surface area contributed by atoms with Gasteiger partial charge in [-0.25, -0.2) is 17.9 Å². The molecule has 1 aromatic rings. The third kappa shape index (κ3) is 3.62. The number of amides is 1. The van der Waals surface area contributed by atoms with Gasteiger partial charge in [-0.2, -0.15) is 0 Å². The highest BCUT2D eigenvalue weighted by Gasteiger charge is 2.08. The summed E-state index contributed by atoms with van der Waals surface area (Å²) in [4.78, 5) is 10.1. The maximum atomic E-state index is 11.1. The summed E-state index contributed by atoms with van der Waals surface area (Å²) in [5.74, 6) is 0. The molecule has 0 aromatic heterocycles. The average molecular weight is 242 g/mol. The molecule has 6 nitrogen and oxygen atoms in total. The number of nitrogens with one attached hydrogen (secondary N) is 1. The van der Waals surface area contributed by atoms with Gasteiger partial charge in [-0.3, -0.25) is 0 Å². The van der Waals surface area contributed by atoms with Crippen LogP contribution in [0.5, 0.6) is 0 Å². The molecular weight excluding hydrogens is 232 g/mol. The minimum Gasteiger partial charge on any atom is -0.464 e. The van der Waals surface area contributed by atoms with Crippen molar-refractivity contribution in [2.45, 2.75) is 0 Å². The van der Waals surface area contributed by atoms with Crippen molar-refractivity contribution in [3.8, 4) is 0 Å². The third-order valence-corrected chi connectivity index (χ3v) is 2.61. The lowest BCUT2D eigenvalue weighted by molar-refractivity contribution is 0.201. The van der Waals surface area contributed by atoms with Crippen molar-refractivity contribution in [1.82, 2.24) is 4.72 Å². The molecule has 0 unspecified atom stereocenters. The number of benzene rings is 1. The van der Waals surface area contributed by atoms with Crippen LogP contribution in [0.2, 0.25) is 0 Å². The fourth-order valence-electron chi connectivity index (χ4n) is 0.981. The number of sulfonamides is 1. The second-order valence-electron chi connectivity index (χ2n) is 2.88. The zero-order valence-electron chi connectivity index (χ0n) is 8.12. The van der Waals surface area contributed by atoms with Gasteiger partial charge in [-0.05, 0) is 17.7 Å². The highest BCUT2D eigenvalue weighted by Crippen LogP contribution is 2.12.